The summed E-state index contributed by atoms with van der Waals surface area (Å²) < 4.78 is 0. The van der Waals surface area contributed by atoms with Gasteiger partial charge in [0, 0.05) is 34.8 Å². The summed E-state index contributed by atoms with van der Waals surface area (Å²) >= 11 is 0. The van der Waals surface area contributed by atoms with Gasteiger partial charge in [0.15, 0.2) is 0 Å². The van der Waals surface area contributed by atoms with Crippen molar-refractivity contribution in [2.45, 2.75) is 0 Å². The first-order valence-electron chi connectivity index (χ1n) is 3.33. The van der Waals surface area contributed by atoms with Crippen LogP contribution >= 0.6 is 0 Å². The zero-order valence-electron chi connectivity index (χ0n) is 6.30. The number of hydrogen-bond donors (Lipinski definition) is 2. The Morgan fingerprint density at radius 2 is 2.00 bits per heavy atom. The molecule has 0 saturated heterocycles. The van der Waals surface area contributed by atoms with Crippen LogP contribution in [0.1, 0.15) is 0 Å². The van der Waals surface area contributed by atoms with Gasteiger partial charge in [-0.2, -0.15) is 18.2 Å². The van der Waals surface area contributed by atoms with E-state index in [4.69, 9.17) is 5.73 Å². The molecule has 11 heavy (non-hydrogen) atoms. The number of nitrogens with two attached hydrogens (primary N) is 1. The molecule has 3 heteroatoms. The number of nitrogens with one attached hydrogen (secondary N) is 1. The molecule has 1 aromatic rings. The van der Waals surface area contributed by atoms with E-state index in [1.54, 1.807) is 0 Å². The Morgan fingerprint density at radius 3 is 2.55 bits per heavy atom. The Labute approximate surface area is 82.1 Å². The standard InChI is InChI=1S/C8H11N2.Ti/c9-6-7-10-8-4-2-1-3-5-8;/h2-5,10H,6-7,9H2;/q-1;. The largest absolute Gasteiger partial charge is 0.405 e. The molecule has 0 atom stereocenters. The molecule has 0 heterocycles. The van der Waals surface area contributed by atoms with Crippen molar-refractivity contribution in [3.05, 3.63) is 30.3 Å². The Balaban J connectivity index is 0.000001000. The van der Waals surface area contributed by atoms with Crippen molar-refractivity contribution < 1.29 is 21.7 Å². The van der Waals surface area contributed by atoms with Crippen LogP contribution in [0.4, 0.5) is 5.69 Å². The molecule has 3 N–H and O–H groups in total. The summed E-state index contributed by atoms with van der Waals surface area (Å²) in [7, 11) is 0. The number of rotatable bonds is 3. The van der Waals surface area contributed by atoms with Crippen LogP contribution in [0.5, 0.6) is 0 Å². The van der Waals surface area contributed by atoms with E-state index < -0.39 is 0 Å². The molecule has 0 fully saturated rings. The van der Waals surface area contributed by atoms with Crippen molar-refractivity contribution in [2.24, 2.45) is 5.73 Å². The van der Waals surface area contributed by atoms with Crippen molar-refractivity contribution in [1.29, 1.82) is 0 Å². The molecule has 0 aliphatic heterocycles. The Kier molecular flexibility index (Phi) is 6.23. The molecule has 0 aromatic heterocycles. The second-order valence-electron chi connectivity index (χ2n) is 2.00. The minimum Gasteiger partial charge on any atom is -0.405 e. The molecule has 0 saturated carbocycles. The van der Waals surface area contributed by atoms with Gasteiger partial charge in [-0.3, -0.25) is 0 Å². The summed E-state index contributed by atoms with van der Waals surface area (Å²) in [6.07, 6.45) is 0. The van der Waals surface area contributed by atoms with Gasteiger partial charge < -0.3 is 11.1 Å². The molecule has 0 aliphatic carbocycles. The SMILES string of the molecule is NCCNc1cc[c-]cc1.[Ti]. The predicted molar refractivity (Wildman–Crippen MR) is 42.8 cm³/mol. The number of hydrogen-bond acceptors (Lipinski definition) is 2. The quantitative estimate of drug-likeness (QED) is 0.538. The first-order valence-corrected chi connectivity index (χ1v) is 3.33. The van der Waals surface area contributed by atoms with Crippen molar-refractivity contribution in [3.8, 4) is 0 Å². The van der Waals surface area contributed by atoms with Gasteiger partial charge in [0.25, 0.3) is 0 Å². The molecule has 0 spiro atoms. The maximum absolute atomic E-state index is 5.31. The Hall–Kier alpha value is -0.306. The van der Waals surface area contributed by atoms with Crippen molar-refractivity contribution >= 4 is 5.69 Å². The summed E-state index contributed by atoms with van der Waals surface area (Å²) in [6.45, 7) is 1.49. The first kappa shape index (κ1) is 10.7. The van der Waals surface area contributed by atoms with Gasteiger partial charge in [-0.1, -0.05) is 5.69 Å². The second-order valence-corrected chi connectivity index (χ2v) is 2.00. The smallest absolute Gasteiger partial charge is 0.0249 e. The summed E-state index contributed by atoms with van der Waals surface area (Å²) in [5.74, 6) is 0. The van der Waals surface area contributed by atoms with E-state index in [0.717, 1.165) is 12.2 Å². The fourth-order valence-electron chi connectivity index (χ4n) is 0.721. The third kappa shape index (κ3) is 4.20. The van der Waals surface area contributed by atoms with Crippen molar-refractivity contribution in [3.63, 3.8) is 0 Å². The summed E-state index contributed by atoms with van der Waals surface area (Å²) in [6, 6.07) is 10.6. The zero-order chi connectivity index (χ0) is 7.23. The van der Waals surface area contributed by atoms with E-state index in [1.165, 1.54) is 0 Å². The minimum atomic E-state index is 0. The fourth-order valence-corrected chi connectivity index (χ4v) is 0.721. The Morgan fingerprint density at radius 1 is 1.36 bits per heavy atom. The molecule has 0 amide bonds. The van der Waals surface area contributed by atoms with E-state index in [1.807, 2.05) is 24.3 Å². The van der Waals surface area contributed by atoms with Gasteiger partial charge in [0.05, 0.1) is 0 Å². The van der Waals surface area contributed by atoms with E-state index in [2.05, 4.69) is 11.4 Å². The fraction of sp³-hybridized carbons (Fsp3) is 0.250. The van der Waals surface area contributed by atoms with Crippen LogP contribution in [0.25, 0.3) is 0 Å². The maximum Gasteiger partial charge on any atom is 0.0249 e. The second kappa shape index (κ2) is 6.41. The van der Waals surface area contributed by atoms with Gasteiger partial charge in [0.2, 0.25) is 0 Å². The topological polar surface area (TPSA) is 38.0 Å². The van der Waals surface area contributed by atoms with Crippen molar-refractivity contribution in [2.75, 3.05) is 18.4 Å². The van der Waals surface area contributed by atoms with Gasteiger partial charge in [-0.05, 0) is 0 Å². The molecule has 0 bridgehead atoms. The van der Waals surface area contributed by atoms with Crippen LogP contribution in [0.2, 0.25) is 0 Å². The summed E-state index contributed by atoms with van der Waals surface area (Å²) in [4.78, 5) is 0. The molecule has 1 rings (SSSR count). The molecular weight excluding hydrogens is 172 g/mol. The van der Waals surface area contributed by atoms with E-state index in [-0.39, 0.29) is 21.7 Å². The van der Waals surface area contributed by atoms with E-state index >= 15 is 0 Å². The van der Waals surface area contributed by atoms with Gasteiger partial charge in [0.1, 0.15) is 0 Å². The molecule has 0 unspecified atom stereocenters. The van der Waals surface area contributed by atoms with E-state index in [0.29, 0.717) is 6.54 Å². The van der Waals surface area contributed by atoms with E-state index in [9.17, 15) is 0 Å². The van der Waals surface area contributed by atoms with Crippen LogP contribution in [0.3, 0.4) is 0 Å². The van der Waals surface area contributed by atoms with Crippen LogP contribution < -0.4 is 11.1 Å². The third-order valence-electron chi connectivity index (χ3n) is 1.19. The first-order chi connectivity index (χ1) is 4.93. The predicted octanol–water partition coefficient (Wildman–Crippen LogP) is 0.855. The maximum atomic E-state index is 5.31. The molecular formula is C8H11N2Ti-. The minimum absolute atomic E-state index is 0. The average Bonchev–Trinajstić information content (AvgIpc) is 2.03. The van der Waals surface area contributed by atoms with Crippen molar-refractivity contribution in [1.82, 2.24) is 0 Å². The summed E-state index contributed by atoms with van der Waals surface area (Å²) in [5, 5.41) is 3.15. The molecule has 0 radical (unpaired) electrons. The molecule has 2 nitrogen and oxygen atoms in total. The zero-order valence-corrected chi connectivity index (χ0v) is 7.86. The molecule has 1 aromatic carbocycles. The third-order valence-corrected chi connectivity index (χ3v) is 1.19. The van der Waals surface area contributed by atoms with Crippen LogP contribution in [-0.4, -0.2) is 13.1 Å². The number of benzene rings is 1. The summed E-state index contributed by atoms with van der Waals surface area (Å²) in [5.41, 5.74) is 6.41. The van der Waals surface area contributed by atoms with Crippen LogP contribution in [-0.2, 0) is 21.7 Å². The number of anilines is 1. The monoisotopic (exact) mass is 183 g/mol. The van der Waals surface area contributed by atoms with Crippen LogP contribution in [0, 0.1) is 6.07 Å². The van der Waals surface area contributed by atoms with Gasteiger partial charge >= 0.3 is 0 Å². The van der Waals surface area contributed by atoms with Crippen LogP contribution in [0.15, 0.2) is 24.3 Å². The van der Waals surface area contributed by atoms with Gasteiger partial charge in [-0.25, -0.2) is 0 Å². The normalized spacial score (nSPS) is 8.45. The molecule has 58 valence electrons. The van der Waals surface area contributed by atoms with Gasteiger partial charge in [-0.15, -0.1) is 12.1 Å². The average molecular weight is 183 g/mol. The Bertz CT molecular complexity index is 177. The molecule has 0 aliphatic rings.